The van der Waals surface area contributed by atoms with Crippen LogP contribution in [0.15, 0.2) is 42.0 Å². The maximum absolute atomic E-state index is 12.5. The lowest BCUT2D eigenvalue weighted by molar-refractivity contribution is -0.112. The molecular formula is C19H15ClF2N2O3. The number of amides is 1. The second kappa shape index (κ2) is 9.01. The van der Waals surface area contributed by atoms with Crippen molar-refractivity contribution < 1.29 is 23.0 Å². The third-order valence-corrected chi connectivity index (χ3v) is 3.72. The molecule has 27 heavy (non-hydrogen) atoms. The van der Waals surface area contributed by atoms with Crippen molar-refractivity contribution in [2.75, 3.05) is 12.4 Å². The fraction of sp³-hybridized carbons (Fsp3) is 0.158. The maximum atomic E-state index is 12.5. The highest BCUT2D eigenvalue weighted by Gasteiger charge is 2.17. The maximum Gasteiger partial charge on any atom is 0.387 e. The van der Waals surface area contributed by atoms with E-state index < -0.39 is 12.5 Å². The molecule has 0 aromatic heterocycles. The molecule has 0 saturated carbocycles. The Labute approximate surface area is 159 Å². The normalized spacial score (nSPS) is 11.1. The van der Waals surface area contributed by atoms with Gasteiger partial charge in [0.1, 0.15) is 11.6 Å². The van der Waals surface area contributed by atoms with Crippen LogP contribution in [0.3, 0.4) is 0 Å². The number of aryl methyl sites for hydroxylation is 1. The number of halogens is 3. The zero-order valence-electron chi connectivity index (χ0n) is 14.4. The van der Waals surface area contributed by atoms with Gasteiger partial charge in [-0.05, 0) is 42.8 Å². The van der Waals surface area contributed by atoms with E-state index in [1.165, 1.54) is 25.3 Å². The Morgan fingerprint density at radius 1 is 1.30 bits per heavy atom. The highest BCUT2D eigenvalue weighted by atomic mass is 35.5. The second-order valence-electron chi connectivity index (χ2n) is 5.40. The van der Waals surface area contributed by atoms with E-state index in [-0.39, 0.29) is 22.1 Å². The fourth-order valence-corrected chi connectivity index (χ4v) is 2.44. The molecule has 0 bridgehead atoms. The van der Waals surface area contributed by atoms with E-state index in [1.807, 2.05) is 19.1 Å². The summed E-state index contributed by atoms with van der Waals surface area (Å²) in [4.78, 5) is 12.3. The zero-order valence-corrected chi connectivity index (χ0v) is 15.2. The number of nitrogens with one attached hydrogen (secondary N) is 1. The monoisotopic (exact) mass is 392 g/mol. The van der Waals surface area contributed by atoms with Crippen LogP contribution in [-0.2, 0) is 4.79 Å². The van der Waals surface area contributed by atoms with E-state index in [1.54, 1.807) is 18.2 Å². The Balaban J connectivity index is 2.31. The summed E-state index contributed by atoms with van der Waals surface area (Å²) in [5.74, 6) is -0.997. The van der Waals surface area contributed by atoms with Crippen LogP contribution in [0.5, 0.6) is 11.5 Å². The lowest BCUT2D eigenvalue weighted by atomic mass is 10.1. The summed E-state index contributed by atoms with van der Waals surface area (Å²) in [6.07, 6.45) is 1.27. The van der Waals surface area contributed by atoms with Gasteiger partial charge >= 0.3 is 6.61 Å². The van der Waals surface area contributed by atoms with Crippen LogP contribution in [0.2, 0.25) is 5.02 Å². The zero-order chi connectivity index (χ0) is 20.0. The van der Waals surface area contributed by atoms with Crippen molar-refractivity contribution >= 4 is 29.3 Å². The standard InChI is InChI=1S/C19H15ClF2N2O3/c1-11-3-5-14(6-4-11)24-18(25)13(10-23)7-12-8-15(20)17(27-19(21)22)16(9-12)26-2/h3-9,19H,1-2H3,(H,24,25)/b13-7+. The molecule has 140 valence electrons. The molecule has 0 aliphatic carbocycles. The number of carbonyl (C=O) groups is 1. The third-order valence-electron chi connectivity index (χ3n) is 3.44. The molecule has 0 unspecified atom stereocenters. The van der Waals surface area contributed by atoms with Crippen LogP contribution in [-0.4, -0.2) is 19.6 Å². The highest BCUT2D eigenvalue weighted by Crippen LogP contribution is 2.38. The molecule has 0 spiro atoms. The fourth-order valence-electron chi connectivity index (χ4n) is 2.18. The van der Waals surface area contributed by atoms with Crippen LogP contribution in [0.25, 0.3) is 6.08 Å². The summed E-state index contributed by atoms with van der Waals surface area (Å²) < 4.78 is 34.3. The molecule has 5 nitrogen and oxygen atoms in total. The van der Waals surface area contributed by atoms with E-state index in [9.17, 15) is 18.8 Å². The van der Waals surface area contributed by atoms with Gasteiger partial charge in [-0.25, -0.2) is 0 Å². The van der Waals surface area contributed by atoms with Crippen LogP contribution >= 0.6 is 11.6 Å². The number of anilines is 1. The number of alkyl halides is 2. The molecule has 2 rings (SSSR count). The number of carbonyl (C=O) groups excluding carboxylic acids is 1. The molecule has 0 atom stereocenters. The lowest BCUT2D eigenvalue weighted by Crippen LogP contribution is -2.13. The molecule has 1 amide bonds. The van der Waals surface area contributed by atoms with Crippen molar-refractivity contribution in [2.45, 2.75) is 13.5 Å². The average Bonchev–Trinajstić information content (AvgIpc) is 2.63. The summed E-state index contributed by atoms with van der Waals surface area (Å²) >= 11 is 5.96. The molecule has 2 aromatic rings. The number of rotatable bonds is 6. The Bertz CT molecular complexity index is 906. The number of benzene rings is 2. The predicted octanol–water partition coefficient (Wildman–Crippen LogP) is 4.80. The quantitative estimate of drug-likeness (QED) is 0.566. The molecule has 0 radical (unpaired) electrons. The van der Waals surface area contributed by atoms with Gasteiger partial charge in [-0.3, -0.25) is 4.79 Å². The van der Waals surface area contributed by atoms with Gasteiger partial charge in [-0.2, -0.15) is 14.0 Å². The number of hydrogen-bond donors (Lipinski definition) is 1. The molecule has 1 N–H and O–H groups in total. The Morgan fingerprint density at radius 3 is 2.52 bits per heavy atom. The highest BCUT2D eigenvalue weighted by molar-refractivity contribution is 6.32. The first-order valence-corrected chi connectivity index (χ1v) is 8.04. The Kier molecular flexibility index (Phi) is 6.74. The van der Waals surface area contributed by atoms with Crippen LogP contribution < -0.4 is 14.8 Å². The molecule has 0 heterocycles. The third kappa shape index (κ3) is 5.43. The van der Waals surface area contributed by atoms with Gasteiger partial charge in [-0.1, -0.05) is 29.3 Å². The summed E-state index contributed by atoms with van der Waals surface area (Å²) in [7, 11) is 1.26. The van der Waals surface area contributed by atoms with Crippen molar-refractivity contribution in [2.24, 2.45) is 0 Å². The average molecular weight is 393 g/mol. The van der Waals surface area contributed by atoms with Crippen molar-refractivity contribution in [3.05, 3.63) is 58.1 Å². The number of nitriles is 1. The molecule has 0 saturated heterocycles. The summed E-state index contributed by atoms with van der Waals surface area (Å²) in [6.45, 7) is -1.17. The summed E-state index contributed by atoms with van der Waals surface area (Å²) in [6, 6.07) is 11.5. The number of nitrogens with zero attached hydrogens (tertiary/aromatic N) is 1. The van der Waals surface area contributed by atoms with Crippen LogP contribution in [0.1, 0.15) is 11.1 Å². The molecule has 0 aliphatic heterocycles. The lowest BCUT2D eigenvalue weighted by Gasteiger charge is -2.12. The second-order valence-corrected chi connectivity index (χ2v) is 5.81. The number of methoxy groups -OCH3 is 1. The first-order valence-electron chi connectivity index (χ1n) is 7.66. The van der Waals surface area contributed by atoms with E-state index in [4.69, 9.17) is 16.3 Å². The first-order chi connectivity index (χ1) is 12.8. The van der Waals surface area contributed by atoms with Gasteiger partial charge in [0, 0.05) is 5.69 Å². The topological polar surface area (TPSA) is 71.3 Å². The van der Waals surface area contributed by atoms with Gasteiger partial charge in [0.25, 0.3) is 5.91 Å². The van der Waals surface area contributed by atoms with E-state index in [0.717, 1.165) is 5.56 Å². The minimum atomic E-state index is -3.08. The van der Waals surface area contributed by atoms with Crippen molar-refractivity contribution in [1.82, 2.24) is 0 Å². The van der Waals surface area contributed by atoms with Gasteiger partial charge in [0.2, 0.25) is 0 Å². The van der Waals surface area contributed by atoms with Crippen molar-refractivity contribution in [1.29, 1.82) is 5.26 Å². The summed E-state index contributed by atoms with van der Waals surface area (Å²) in [5.41, 5.74) is 1.67. The molecular weight excluding hydrogens is 378 g/mol. The van der Waals surface area contributed by atoms with E-state index in [2.05, 4.69) is 10.1 Å². The number of ether oxygens (including phenoxy) is 2. The first kappa shape index (κ1) is 20.2. The van der Waals surface area contributed by atoms with Crippen LogP contribution in [0, 0.1) is 18.3 Å². The van der Waals surface area contributed by atoms with Crippen molar-refractivity contribution in [3.63, 3.8) is 0 Å². The van der Waals surface area contributed by atoms with Gasteiger partial charge < -0.3 is 14.8 Å². The van der Waals surface area contributed by atoms with E-state index in [0.29, 0.717) is 11.3 Å². The van der Waals surface area contributed by atoms with Gasteiger partial charge in [-0.15, -0.1) is 0 Å². The Hall–Kier alpha value is -3.11. The summed E-state index contributed by atoms with van der Waals surface area (Å²) in [5, 5.41) is 11.7. The smallest absolute Gasteiger partial charge is 0.387 e. The molecule has 8 heteroatoms. The Morgan fingerprint density at radius 2 is 1.96 bits per heavy atom. The number of hydrogen-bond acceptors (Lipinski definition) is 4. The molecule has 2 aromatic carbocycles. The van der Waals surface area contributed by atoms with Gasteiger partial charge in [0.15, 0.2) is 11.5 Å². The largest absolute Gasteiger partial charge is 0.493 e. The molecule has 0 fully saturated rings. The minimum Gasteiger partial charge on any atom is -0.493 e. The van der Waals surface area contributed by atoms with Crippen molar-refractivity contribution in [3.8, 4) is 17.6 Å². The van der Waals surface area contributed by atoms with Crippen LogP contribution in [0.4, 0.5) is 14.5 Å². The van der Waals surface area contributed by atoms with Gasteiger partial charge in [0.05, 0.1) is 12.1 Å². The molecule has 0 aliphatic rings. The SMILES string of the molecule is COc1cc(/C=C(\C#N)C(=O)Nc2ccc(C)cc2)cc(Cl)c1OC(F)F. The van der Waals surface area contributed by atoms with E-state index >= 15 is 0 Å². The predicted molar refractivity (Wildman–Crippen MR) is 98.0 cm³/mol. The minimum absolute atomic E-state index is 0.0507.